The molecule has 0 saturated carbocycles. The van der Waals surface area contributed by atoms with Crippen molar-refractivity contribution in [3.05, 3.63) is 0 Å². The Morgan fingerprint density at radius 1 is 1.00 bits per heavy atom. The van der Waals surface area contributed by atoms with Gasteiger partial charge in [-0.25, -0.2) is 4.79 Å². The van der Waals surface area contributed by atoms with E-state index in [1.54, 1.807) is 34.6 Å². The minimum atomic E-state index is -1.09. The van der Waals surface area contributed by atoms with Crippen LogP contribution in [0.5, 0.6) is 0 Å². The SMILES string of the molecule is CC(C(=O)ON)C(=O)C(C(=O)OC(C)(C)C)C(C)C. The zero-order valence-corrected chi connectivity index (χ0v) is 12.4. The fourth-order valence-electron chi connectivity index (χ4n) is 1.57. The van der Waals surface area contributed by atoms with Gasteiger partial charge in [-0.3, -0.25) is 9.59 Å². The molecule has 0 aliphatic rings. The fraction of sp³-hybridized carbons (Fsp3) is 0.769. The van der Waals surface area contributed by atoms with Crippen LogP contribution in [0.2, 0.25) is 0 Å². The van der Waals surface area contributed by atoms with Crippen LogP contribution in [0, 0.1) is 17.8 Å². The van der Waals surface area contributed by atoms with Crippen LogP contribution >= 0.6 is 0 Å². The second-order valence-electron chi connectivity index (χ2n) is 5.82. The Bertz CT molecular complexity index is 357. The molecule has 0 heterocycles. The lowest BCUT2D eigenvalue weighted by Crippen LogP contribution is -2.40. The van der Waals surface area contributed by atoms with Gasteiger partial charge < -0.3 is 9.57 Å². The highest BCUT2D eigenvalue weighted by Gasteiger charge is 2.38. The number of esters is 1. The summed E-state index contributed by atoms with van der Waals surface area (Å²) in [6.45, 7) is 9.93. The van der Waals surface area contributed by atoms with E-state index in [1.807, 2.05) is 0 Å². The van der Waals surface area contributed by atoms with Crippen molar-refractivity contribution in [2.45, 2.75) is 47.1 Å². The number of carbonyl (C=O) groups excluding carboxylic acids is 3. The predicted octanol–water partition coefficient (Wildman–Crippen LogP) is 1.22. The molecule has 19 heavy (non-hydrogen) atoms. The first-order valence-corrected chi connectivity index (χ1v) is 6.18. The van der Waals surface area contributed by atoms with E-state index in [2.05, 4.69) is 4.84 Å². The lowest BCUT2D eigenvalue weighted by Gasteiger charge is -2.26. The molecule has 0 aliphatic heterocycles. The number of nitrogens with two attached hydrogens (primary N) is 1. The highest BCUT2D eigenvalue weighted by molar-refractivity contribution is 6.08. The molecule has 0 rings (SSSR count). The van der Waals surface area contributed by atoms with Crippen molar-refractivity contribution in [2.24, 2.45) is 23.7 Å². The summed E-state index contributed by atoms with van der Waals surface area (Å²) in [6, 6.07) is 0. The molecule has 110 valence electrons. The van der Waals surface area contributed by atoms with Gasteiger partial charge in [-0.1, -0.05) is 13.8 Å². The third-order valence-corrected chi connectivity index (χ3v) is 2.53. The van der Waals surface area contributed by atoms with E-state index in [9.17, 15) is 14.4 Å². The monoisotopic (exact) mass is 273 g/mol. The van der Waals surface area contributed by atoms with Crippen molar-refractivity contribution in [3.63, 3.8) is 0 Å². The zero-order valence-electron chi connectivity index (χ0n) is 12.4. The summed E-state index contributed by atoms with van der Waals surface area (Å²) < 4.78 is 5.20. The molecular weight excluding hydrogens is 250 g/mol. The summed E-state index contributed by atoms with van der Waals surface area (Å²) in [6.07, 6.45) is 0. The average Bonchev–Trinajstić information content (AvgIpc) is 2.23. The first kappa shape index (κ1) is 17.6. The largest absolute Gasteiger partial charge is 0.459 e. The van der Waals surface area contributed by atoms with Crippen LogP contribution in [0.15, 0.2) is 0 Å². The van der Waals surface area contributed by atoms with Gasteiger partial charge in [-0.2, -0.15) is 5.90 Å². The number of ketones is 1. The van der Waals surface area contributed by atoms with Gasteiger partial charge in [0.25, 0.3) is 0 Å². The van der Waals surface area contributed by atoms with Gasteiger partial charge in [0.15, 0.2) is 5.78 Å². The molecule has 0 radical (unpaired) electrons. The van der Waals surface area contributed by atoms with Crippen molar-refractivity contribution in [1.82, 2.24) is 0 Å². The molecule has 6 nitrogen and oxygen atoms in total. The number of rotatable bonds is 5. The van der Waals surface area contributed by atoms with Crippen LogP contribution in [0.1, 0.15) is 41.5 Å². The number of Topliss-reactive ketones (excluding diaryl/α,β-unsaturated/α-hetero) is 1. The van der Waals surface area contributed by atoms with Crippen molar-refractivity contribution < 1.29 is 24.0 Å². The Balaban J connectivity index is 5.07. The minimum absolute atomic E-state index is 0.282. The van der Waals surface area contributed by atoms with Crippen molar-refractivity contribution in [2.75, 3.05) is 0 Å². The third kappa shape index (κ3) is 5.38. The number of ether oxygens (including phenoxy) is 1. The topological polar surface area (TPSA) is 95.7 Å². The van der Waals surface area contributed by atoms with E-state index in [-0.39, 0.29) is 5.92 Å². The molecule has 0 aromatic rings. The van der Waals surface area contributed by atoms with E-state index < -0.39 is 35.2 Å². The molecule has 0 fully saturated rings. The third-order valence-electron chi connectivity index (χ3n) is 2.53. The summed E-state index contributed by atoms with van der Waals surface area (Å²) in [5.74, 6) is 0.327. The van der Waals surface area contributed by atoms with Crippen molar-refractivity contribution in [1.29, 1.82) is 0 Å². The molecule has 0 spiro atoms. The second-order valence-corrected chi connectivity index (χ2v) is 5.82. The maximum absolute atomic E-state index is 12.2. The van der Waals surface area contributed by atoms with Crippen LogP contribution in [-0.2, 0) is 24.0 Å². The second kappa shape index (κ2) is 6.65. The van der Waals surface area contributed by atoms with Gasteiger partial charge in [0.2, 0.25) is 0 Å². The zero-order chi connectivity index (χ0) is 15.4. The van der Waals surface area contributed by atoms with Crippen molar-refractivity contribution >= 4 is 17.7 Å². The highest BCUT2D eigenvalue weighted by atomic mass is 16.7. The molecule has 2 unspecified atom stereocenters. The summed E-state index contributed by atoms with van der Waals surface area (Å²) in [5, 5.41) is 0. The molecule has 2 N–H and O–H groups in total. The highest BCUT2D eigenvalue weighted by Crippen LogP contribution is 2.22. The molecule has 0 aromatic heterocycles. The van der Waals surface area contributed by atoms with E-state index in [4.69, 9.17) is 10.6 Å². The molecule has 0 saturated heterocycles. The maximum Gasteiger partial charge on any atom is 0.334 e. The molecule has 6 heteroatoms. The Morgan fingerprint density at radius 3 is 1.79 bits per heavy atom. The fourth-order valence-corrected chi connectivity index (χ4v) is 1.57. The van der Waals surface area contributed by atoms with Gasteiger partial charge in [-0.15, -0.1) is 0 Å². The average molecular weight is 273 g/mol. The lowest BCUT2D eigenvalue weighted by molar-refractivity contribution is -0.166. The number of hydrogen-bond acceptors (Lipinski definition) is 6. The Morgan fingerprint density at radius 2 is 1.47 bits per heavy atom. The molecule has 0 aromatic carbocycles. The smallest absolute Gasteiger partial charge is 0.334 e. The van der Waals surface area contributed by atoms with Crippen LogP contribution in [0.4, 0.5) is 0 Å². The molecule has 0 bridgehead atoms. The van der Waals surface area contributed by atoms with Crippen LogP contribution < -0.4 is 5.90 Å². The molecule has 0 aliphatic carbocycles. The Labute approximate surface area is 113 Å². The normalized spacial score (nSPS) is 14.7. The summed E-state index contributed by atoms with van der Waals surface area (Å²) in [4.78, 5) is 39.5. The first-order chi connectivity index (χ1) is 8.51. The summed E-state index contributed by atoms with van der Waals surface area (Å²) in [5.41, 5.74) is -0.692. The minimum Gasteiger partial charge on any atom is -0.459 e. The van der Waals surface area contributed by atoms with Gasteiger partial charge in [0.05, 0.1) is 0 Å². The maximum atomic E-state index is 12.2. The summed E-state index contributed by atoms with van der Waals surface area (Å²) >= 11 is 0. The van der Waals surface area contributed by atoms with Gasteiger partial charge >= 0.3 is 11.9 Å². The van der Waals surface area contributed by atoms with Gasteiger partial charge in [0.1, 0.15) is 17.4 Å². The lowest BCUT2D eigenvalue weighted by atomic mass is 9.85. The Kier molecular flexibility index (Phi) is 6.15. The first-order valence-electron chi connectivity index (χ1n) is 6.18. The summed E-state index contributed by atoms with van der Waals surface area (Å²) in [7, 11) is 0. The van der Waals surface area contributed by atoms with E-state index in [1.165, 1.54) is 6.92 Å². The standard InChI is InChI=1S/C13H23NO5/c1-7(2)9(12(17)18-13(4,5)6)10(15)8(3)11(16)19-14/h7-9H,14H2,1-6H3. The van der Waals surface area contributed by atoms with E-state index >= 15 is 0 Å². The Hall–Kier alpha value is -1.43. The molecule has 0 amide bonds. The van der Waals surface area contributed by atoms with E-state index in [0.29, 0.717) is 0 Å². The number of hydrogen-bond donors (Lipinski definition) is 1. The predicted molar refractivity (Wildman–Crippen MR) is 68.6 cm³/mol. The molecular formula is C13H23NO5. The quantitative estimate of drug-likeness (QED) is 0.459. The van der Waals surface area contributed by atoms with Gasteiger partial charge in [0, 0.05) is 0 Å². The van der Waals surface area contributed by atoms with Crippen molar-refractivity contribution in [3.8, 4) is 0 Å². The van der Waals surface area contributed by atoms with E-state index in [0.717, 1.165) is 0 Å². The molecule has 2 atom stereocenters. The number of carbonyl (C=O) groups is 3. The van der Waals surface area contributed by atoms with Crippen LogP contribution in [0.25, 0.3) is 0 Å². The van der Waals surface area contributed by atoms with Crippen LogP contribution in [-0.4, -0.2) is 23.3 Å². The van der Waals surface area contributed by atoms with Crippen LogP contribution in [0.3, 0.4) is 0 Å². The van der Waals surface area contributed by atoms with Gasteiger partial charge in [-0.05, 0) is 33.6 Å².